The van der Waals surface area contributed by atoms with Gasteiger partial charge in [0, 0.05) is 27.9 Å². The zero-order chi connectivity index (χ0) is 23.9. The number of hydrogen-bond donors (Lipinski definition) is 1. The minimum absolute atomic E-state index is 0.0121. The standard InChI is InChI=1S/C26H27BrN2O4/c1-26(2)13-19-22(20(30)14-26)21(15-5-11-18(32-3)12-6-15)23(25(31)33-4)24(28)29(19)17-9-7-16(27)8-10-17/h5-12,21H,13-14,28H2,1-4H3/t21-/m0/s1. The molecular formula is C26H27BrN2O4. The van der Waals surface area contributed by atoms with Crippen LogP contribution in [0, 0.1) is 5.41 Å². The zero-order valence-electron chi connectivity index (χ0n) is 19.1. The van der Waals surface area contributed by atoms with Crippen molar-refractivity contribution in [2.45, 2.75) is 32.6 Å². The van der Waals surface area contributed by atoms with Crippen LogP contribution in [-0.2, 0) is 14.3 Å². The number of halogens is 1. The van der Waals surface area contributed by atoms with Gasteiger partial charge in [0.1, 0.15) is 11.6 Å². The van der Waals surface area contributed by atoms with Gasteiger partial charge in [-0.1, -0.05) is 41.9 Å². The molecule has 0 spiro atoms. The predicted octanol–water partition coefficient (Wildman–Crippen LogP) is 5.05. The highest BCUT2D eigenvalue weighted by atomic mass is 79.9. The second kappa shape index (κ2) is 8.71. The van der Waals surface area contributed by atoms with Gasteiger partial charge in [0.2, 0.25) is 0 Å². The van der Waals surface area contributed by atoms with Gasteiger partial charge in [0.05, 0.1) is 25.7 Å². The van der Waals surface area contributed by atoms with Gasteiger partial charge in [0.25, 0.3) is 0 Å². The number of carbonyl (C=O) groups excluding carboxylic acids is 2. The van der Waals surface area contributed by atoms with Gasteiger partial charge in [-0.3, -0.25) is 9.69 Å². The number of methoxy groups -OCH3 is 2. The number of allylic oxidation sites excluding steroid dienone is 2. The van der Waals surface area contributed by atoms with Crippen LogP contribution in [0.1, 0.15) is 38.2 Å². The van der Waals surface area contributed by atoms with Crippen molar-refractivity contribution in [1.29, 1.82) is 0 Å². The summed E-state index contributed by atoms with van der Waals surface area (Å²) in [6.45, 7) is 4.15. The number of esters is 1. The first-order chi connectivity index (χ1) is 15.7. The lowest BCUT2D eigenvalue weighted by atomic mass is 9.68. The van der Waals surface area contributed by atoms with Crippen molar-refractivity contribution >= 4 is 33.4 Å². The van der Waals surface area contributed by atoms with Crippen LogP contribution < -0.4 is 15.4 Å². The Morgan fingerprint density at radius 1 is 1.06 bits per heavy atom. The van der Waals surface area contributed by atoms with Gasteiger partial charge in [-0.25, -0.2) is 4.79 Å². The summed E-state index contributed by atoms with van der Waals surface area (Å²) in [6, 6.07) is 15.0. The van der Waals surface area contributed by atoms with Crippen LogP contribution >= 0.6 is 15.9 Å². The number of ether oxygens (including phenoxy) is 2. The molecule has 172 valence electrons. The summed E-state index contributed by atoms with van der Waals surface area (Å²) in [7, 11) is 2.92. The van der Waals surface area contributed by atoms with Gasteiger partial charge in [0.15, 0.2) is 5.78 Å². The zero-order valence-corrected chi connectivity index (χ0v) is 20.7. The summed E-state index contributed by atoms with van der Waals surface area (Å²) in [5.41, 5.74) is 9.73. The average molecular weight is 511 g/mol. The third-order valence-corrected chi connectivity index (χ3v) is 6.73. The molecule has 2 aromatic carbocycles. The molecule has 0 radical (unpaired) electrons. The van der Waals surface area contributed by atoms with Crippen molar-refractivity contribution in [3.05, 3.63) is 81.2 Å². The minimum Gasteiger partial charge on any atom is -0.497 e. The Bertz CT molecular complexity index is 1160. The number of ketones is 1. The van der Waals surface area contributed by atoms with Crippen LogP contribution in [0.25, 0.3) is 0 Å². The highest BCUT2D eigenvalue weighted by Gasteiger charge is 2.46. The summed E-state index contributed by atoms with van der Waals surface area (Å²) in [4.78, 5) is 28.5. The first kappa shape index (κ1) is 23.1. The molecule has 6 nitrogen and oxygen atoms in total. The Labute approximate surface area is 202 Å². The van der Waals surface area contributed by atoms with E-state index < -0.39 is 11.9 Å². The lowest BCUT2D eigenvalue weighted by Gasteiger charge is -2.44. The van der Waals surface area contributed by atoms with Crippen LogP contribution in [0.15, 0.2) is 75.7 Å². The monoisotopic (exact) mass is 510 g/mol. The van der Waals surface area contributed by atoms with Crippen molar-refractivity contribution in [2.24, 2.45) is 11.1 Å². The number of Topliss-reactive ketones (excluding diaryl/α,β-unsaturated/α-hetero) is 1. The van der Waals surface area contributed by atoms with Gasteiger partial charge in [-0.2, -0.15) is 0 Å². The van der Waals surface area contributed by atoms with E-state index in [1.807, 2.05) is 53.4 Å². The predicted molar refractivity (Wildman–Crippen MR) is 131 cm³/mol. The molecule has 0 unspecified atom stereocenters. The first-order valence-corrected chi connectivity index (χ1v) is 11.5. The maximum absolute atomic E-state index is 13.6. The van der Waals surface area contributed by atoms with Crippen LogP contribution in [0.4, 0.5) is 5.69 Å². The van der Waals surface area contributed by atoms with E-state index in [-0.39, 0.29) is 22.6 Å². The largest absolute Gasteiger partial charge is 0.497 e. The molecule has 1 atom stereocenters. The van der Waals surface area contributed by atoms with Crippen molar-refractivity contribution in [1.82, 2.24) is 0 Å². The summed E-state index contributed by atoms with van der Waals surface area (Å²) in [5, 5.41) is 0. The molecule has 7 heteroatoms. The maximum Gasteiger partial charge on any atom is 0.338 e. The molecule has 0 aromatic heterocycles. The third kappa shape index (κ3) is 4.17. The molecular weight excluding hydrogens is 484 g/mol. The van der Waals surface area contributed by atoms with Crippen molar-refractivity contribution < 1.29 is 19.1 Å². The number of anilines is 1. The minimum atomic E-state index is -0.617. The molecule has 4 rings (SSSR count). The summed E-state index contributed by atoms with van der Waals surface area (Å²) >= 11 is 3.47. The normalized spacial score (nSPS) is 20.0. The molecule has 0 fully saturated rings. The van der Waals surface area contributed by atoms with E-state index in [2.05, 4.69) is 29.8 Å². The van der Waals surface area contributed by atoms with E-state index in [0.717, 1.165) is 21.4 Å². The van der Waals surface area contributed by atoms with Crippen LogP contribution in [0.3, 0.4) is 0 Å². The molecule has 1 aliphatic heterocycles. The molecule has 0 saturated heterocycles. The lowest BCUT2D eigenvalue weighted by molar-refractivity contribution is -0.136. The summed E-state index contributed by atoms with van der Waals surface area (Å²) in [6.07, 6.45) is 1.03. The first-order valence-electron chi connectivity index (χ1n) is 10.7. The van der Waals surface area contributed by atoms with Crippen LogP contribution in [0.2, 0.25) is 0 Å². The molecule has 1 aliphatic carbocycles. The number of benzene rings is 2. The molecule has 1 heterocycles. The summed E-state index contributed by atoms with van der Waals surface area (Å²) in [5.74, 6) is -0.200. The number of hydrogen-bond acceptors (Lipinski definition) is 6. The molecule has 0 saturated carbocycles. The topological polar surface area (TPSA) is 81.9 Å². The summed E-state index contributed by atoms with van der Waals surface area (Å²) < 4.78 is 11.4. The Kier molecular flexibility index (Phi) is 6.10. The maximum atomic E-state index is 13.6. The molecule has 33 heavy (non-hydrogen) atoms. The van der Waals surface area contributed by atoms with Gasteiger partial charge < -0.3 is 15.2 Å². The lowest BCUT2D eigenvalue weighted by Crippen LogP contribution is -2.43. The second-order valence-corrected chi connectivity index (χ2v) is 10.0. The fourth-order valence-corrected chi connectivity index (χ4v) is 5.00. The highest BCUT2D eigenvalue weighted by Crippen LogP contribution is 2.50. The Hall–Kier alpha value is -3.06. The second-order valence-electron chi connectivity index (χ2n) is 9.11. The molecule has 2 N–H and O–H groups in total. The van der Waals surface area contributed by atoms with Crippen molar-refractivity contribution in [2.75, 3.05) is 19.1 Å². The fraction of sp³-hybridized carbons (Fsp3) is 0.308. The smallest absolute Gasteiger partial charge is 0.338 e. The van der Waals surface area contributed by atoms with Crippen LogP contribution in [-0.4, -0.2) is 26.0 Å². The Morgan fingerprint density at radius 3 is 2.27 bits per heavy atom. The SMILES string of the molecule is COC(=O)C1=C(N)N(c2ccc(Br)cc2)C2=C(C(=O)CC(C)(C)C2)[C@@H]1c1ccc(OC)cc1. The number of nitrogens with zero attached hydrogens (tertiary/aromatic N) is 1. The van der Waals surface area contributed by atoms with Gasteiger partial charge in [-0.05, 0) is 53.8 Å². The van der Waals surface area contributed by atoms with Crippen LogP contribution in [0.5, 0.6) is 5.75 Å². The van der Waals surface area contributed by atoms with E-state index in [4.69, 9.17) is 15.2 Å². The van der Waals surface area contributed by atoms with E-state index >= 15 is 0 Å². The van der Waals surface area contributed by atoms with Gasteiger partial charge in [-0.15, -0.1) is 0 Å². The van der Waals surface area contributed by atoms with E-state index in [9.17, 15) is 9.59 Å². The molecule has 0 bridgehead atoms. The number of rotatable bonds is 4. The third-order valence-electron chi connectivity index (χ3n) is 6.20. The van der Waals surface area contributed by atoms with Crippen molar-refractivity contribution in [3.8, 4) is 5.75 Å². The molecule has 2 aliphatic rings. The quantitative estimate of drug-likeness (QED) is 0.579. The Morgan fingerprint density at radius 2 is 1.70 bits per heavy atom. The van der Waals surface area contributed by atoms with E-state index in [1.165, 1.54) is 7.11 Å². The highest BCUT2D eigenvalue weighted by molar-refractivity contribution is 9.10. The van der Waals surface area contributed by atoms with E-state index in [0.29, 0.717) is 24.2 Å². The Balaban J connectivity index is 2.00. The molecule has 0 amide bonds. The number of carbonyl (C=O) groups is 2. The van der Waals surface area contributed by atoms with Gasteiger partial charge >= 0.3 is 5.97 Å². The van der Waals surface area contributed by atoms with E-state index in [1.54, 1.807) is 7.11 Å². The molecule has 2 aromatic rings. The van der Waals surface area contributed by atoms with Crippen molar-refractivity contribution in [3.63, 3.8) is 0 Å². The number of nitrogens with two attached hydrogens (primary N) is 1. The average Bonchev–Trinajstić information content (AvgIpc) is 2.78. The fourth-order valence-electron chi connectivity index (χ4n) is 4.73.